The highest BCUT2D eigenvalue weighted by atomic mass is 15.2. The molecule has 2 atom stereocenters. The standard InChI is InChI=1S/C14H30N2/c1-6-13(7-2)12(5)15-14-8-9-16(10-14)11(3)4/h11-15H,6-10H2,1-5H3. The van der Waals surface area contributed by atoms with Crippen molar-refractivity contribution in [3.05, 3.63) is 0 Å². The van der Waals surface area contributed by atoms with Crippen LogP contribution in [0.4, 0.5) is 0 Å². The van der Waals surface area contributed by atoms with Crippen LogP contribution in [0, 0.1) is 5.92 Å². The topological polar surface area (TPSA) is 15.3 Å². The Balaban J connectivity index is 2.33. The van der Waals surface area contributed by atoms with Crippen LogP contribution in [-0.4, -0.2) is 36.1 Å². The zero-order chi connectivity index (χ0) is 12.1. The number of nitrogens with zero attached hydrogens (tertiary/aromatic N) is 1. The molecule has 1 heterocycles. The van der Waals surface area contributed by atoms with Gasteiger partial charge in [-0.15, -0.1) is 0 Å². The zero-order valence-electron chi connectivity index (χ0n) is 11.8. The highest BCUT2D eigenvalue weighted by Crippen LogP contribution is 2.17. The molecule has 0 aliphatic carbocycles. The lowest BCUT2D eigenvalue weighted by molar-refractivity contribution is 0.258. The van der Waals surface area contributed by atoms with Crippen molar-refractivity contribution in [3.8, 4) is 0 Å². The van der Waals surface area contributed by atoms with Crippen molar-refractivity contribution in [2.24, 2.45) is 5.92 Å². The second kappa shape index (κ2) is 6.61. The molecule has 2 nitrogen and oxygen atoms in total. The molecule has 0 aromatic heterocycles. The molecule has 0 saturated carbocycles. The van der Waals surface area contributed by atoms with Crippen LogP contribution >= 0.6 is 0 Å². The van der Waals surface area contributed by atoms with Crippen LogP contribution in [0.3, 0.4) is 0 Å². The summed E-state index contributed by atoms with van der Waals surface area (Å²) in [5.74, 6) is 0.841. The Morgan fingerprint density at radius 1 is 1.19 bits per heavy atom. The van der Waals surface area contributed by atoms with Gasteiger partial charge in [0.05, 0.1) is 0 Å². The van der Waals surface area contributed by atoms with E-state index in [1.165, 1.54) is 32.4 Å². The van der Waals surface area contributed by atoms with Gasteiger partial charge < -0.3 is 5.32 Å². The summed E-state index contributed by atoms with van der Waals surface area (Å²) in [4.78, 5) is 2.58. The predicted octanol–water partition coefficient (Wildman–Crippen LogP) is 2.88. The summed E-state index contributed by atoms with van der Waals surface area (Å²) < 4.78 is 0. The van der Waals surface area contributed by atoms with Crippen molar-refractivity contribution in [1.29, 1.82) is 0 Å². The molecule has 0 spiro atoms. The van der Waals surface area contributed by atoms with Crippen molar-refractivity contribution in [1.82, 2.24) is 10.2 Å². The van der Waals surface area contributed by atoms with Gasteiger partial charge in [-0.05, 0) is 39.7 Å². The number of hydrogen-bond acceptors (Lipinski definition) is 2. The minimum Gasteiger partial charge on any atom is -0.310 e. The largest absolute Gasteiger partial charge is 0.310 e. The first-order valence-corrected chi connectivity index (χ1v) is 7.08. The third-order valence-electron chi connectivity index (χ3n) is 4.20. The van der Waals surface area contributed by atoms with Gasteiger partial charge >= 0.3 is 0 Å². The molecule has 1 saturated heterocycles. The van der Waals surface area contributed by atoms with Gasteiger partial charge in [0, 0.05) is 24.7 Å². The van der Waals surface area contributed by atoms with Crippen LogP contribution in [0.2, 0.25) is 0 Å². The van der Waals surface area contributed by atoms with Crippen molar-refractivity contribution in [2.45, 2.75) is 72.0 Å². The highest BCUT2D eigenvalue weighted by molar-refractivity contribution is 4.85. The molecule has 1 fully saturated rings. The molecule has 1 aliphatic heterocycles. The van der Waals surface area contributed by atoms with E-state index in [2.05, 4.69) is 44.8 Å². The molecule has 16 heavy (non-hydrogen) atoms. The SMILES string of the molecule is CCC(CC)C(C)NC1CCN(C(C)C)C1. The highest BCUT2D eigenvalue weighted by Gasteiger charge is 2.26. The second-order valence-corrected chi connectivity index (χ2v) is 5.61. The van der Waals surface area contributed by atoms with Crippen LogP contribution in [0.5, 0.6) is 0 Å². The fourth-order valence-electron chi connectivity index (χ4n) is 2.90. The van der Waals surface area contributed by atoms with Crippen LogP contribution in [0.1, 0.15) is 53.9 Å². The molecule has 0 radical (unpaired) electrons. The van der Waals surface area contributed by atoms with Gasteiger partial charge in [-0.25, -0.2) is 0 Å². The number of hydrogen-bond donors (Lipinski definition) is 1. The van der Waals surface area contributed by atoms with Crippen molar-refractivity contribution in [3.63, 3.8) is 0 Å². The van der Waals surface area contributed by atoms with Crippen molar-refractivity contribution < 1.29 is 0 Å². The Morgan fingerprint density at radius 3 is 2.25 bits per heavy atom. The number of rotatable bonds is 6. The molecule has 2 heteroatoms. The molecule has 0 aromatic rings. The first-order valence-electron chi connectivity index (χ1n) is 7.08. The molecule has 0 bridgehead atoms. The lowest BCUT2D eigenvalue weighted by Gasteiger charge is -2.27. The summed E-state index contributed by atoms with van der Waals surface area (Å²) >= 11 is 0. The maximum Gasteiger partial charge on any atom is 0.0209 e. The maximum atomic E-state index is 3.82. The van der Waals surface area contributed by atoms with Crippen LogP contribution in [-0.2, 0) is 0 Å². The first-order chi connectivity index (χ1) is 7.58. The van der Waals surface area contributed by atoms with E-state index in [-0.39, 0.29) is 0 Å². The predicted molar refractivity (Wildman–Crippen MR) is 71.8 cm³/mol. The molecule has 1 rings (SSSR count). The van der Waals surface area contributed by atoms with Gasteiger partial charge in [-0.1, -0.05) is 26.7 Å². The summed E-state index contributed by atoms with van der Waals surface area (Å²) in [5, 5.41) is 3.82. The zero-order valence-corrected chi connectivity index (χ0v) is 11.8. The van der Waals surface area contributed by atoms with E-state index < -0.39 is 0 Å². The lowest BCUT2D eigenvalue weighted by Crippen LogP contribution is -2.42. The van der Waals surface area contributed by atoms with E-state index in [4.69, 9.17) is 0 Å². The normalized spacial score (nSPS) is 24.6. The lowest BCUT2D eigenvalue weighted by atomic mass is 9.95. The van der Waals surface area contributed by atoms with E-state index in [1.54, 1.807) is 0 Å². The summed E-state index contributed by atoms with van der Waals surface area (Å²) in [5.41, 5.74) is 0. The second-order valence-electron chi connectivity index (χ2n) is 5.61. The van der Waals surface area contributed by atoms with Gasteiger partial charge in [0.2, 0.25) is 0 Å². The molecular formula is C14H30N2. The Hall–Kier alpha value is -0.0800. The minimum absolute atomic E-state index is 0.673. The maximum absolute atomic E-state index is 3.82. The Kier molecular flexibility index (Phi) is 5.77. The van der Waals surface area contributed by atoms with E-state index in [0.29, 0.717) is 12.1 Å². The van der Waals surface area contributed by atoms with Gasteiger partial charge in [0.15, 0.2) is 0 Å². The average Bonchev–Trinajstić information content (AvgIpc) is 2.68. The van der Waals surface area contributed by atoms with E-state index >= 15 is 0 Å². The summed E-state index contributed by atoms with van der Waals surface area (Å²) in [6.45, 7) is 14.1. The Bertz CT molecular complexity index is 187. The number of nitrogens with one attached hydrogen (secondary N) is 1. The average molecular weight is 226 g/mol. The molecular weight excluding hydrogens is 196 g/mol. The smallest absolute Gasteiger partial charge is 0.0209 e. The Morgan fingerprint density at radius 2 is 1.81 bits per heavy atom. The van der Waals surface area contributed by atoms with Crippen molar-refractivity contribution >= 4 is 0 Å². The fourth-order valence-corrected chi connectivity index (χ4v) is 2.90. The van der Waals surface area contributed by atoms with Gasteiger partial charge in [0.25, 0.3) is 0 Å². The molecule has 1 N–H and O–H groups in total. The first kappa shape index (κ1) is 14.0. The monoisotopic (exact) mass is 226 g/mol. The van der Waals surface area contributed by atoms with Crippen LogP contribution in [0.15, 0.2) is 0 Å². The third kappa shape index (κ3) is 3.74. The minimum atomic E-state index is 0.673. The van der Waals surface area contributed by atoms with Crippen LogP contribution in [0.25, 0.3) is 0 Å². The van der Waals surface area contributed by atoms with Crippen LogP contribution < -0.4 is 5.32 Å². The number of likely N-dealkylation sites (tertiary alicyclic amines) is 1. The van der Waals surface area contributed by atoms with E-state index in [9.17, 15) is 0 Å². The Labute approximate surface area is 102 Å². The van der Waals surface area contributed by atoms with Gasteiger partial charge in [-0.2, -0.15) is 0 Å². The summed E-state index contributed by atoms with van der Waals surface area (Å²) in [6, 6.07) is 2.10. The molecule has 1 aliphatic rings. The summed E-state index contributed by atoms with van der Waals surface area (Å²) in [6.07, 6.45) is 3.92. The third-order valence-corrected chi connectivity index (χ3v) is 4.20. The van der Waals surface area contributed by atoms with Gasteiger partial charge in [-0.3, -0.25) is 4.90 Å². The van der Waals surface area contributed by atoms with E-state index in [0.717, 1.165) is 12.0 Å². The molecule has 2 unspecified atom stereocenters. The van der Waals surface area contributed by atoms with E-state index in [1.807, 2.05) is 0 Å². The summed E-state index contributed by atoms with van der Waals surface area (Å²) in [7, 11) is 0. The molecule has 0 amide bonds. The fraction of sp³-hybridized carbons (Fsp3) is 1.00. The molecule has 0 aromatic carbocycles. The quantitative estimate of drug-likeness (QED) is 0.749. The van der Waals surface area contributed by atoms with Gasteiger partial charge in [0.1, 0.15) is 0 Å². The van der Waals surface area contributed by atoms with Crippen molar-refractivity contribution in [2.75, 3.05) is 13.1 Å². The molecule has 96 valence electrons.